The van der Waals surface area contributed by atoms with Crippen LogP contribution in [0.25, 0.3) is 10.8 Å². The number of rotatable bonds is 3. The zero-order valence-corrected chi connectivity index (χ0v) is 20.4. The molecule has 3 amide bonds. The molecule has 2 heterocycles. The molecule has 0 aromatic heterocycles. The van der Waals surface area contributed by atoms with E-state index in [-0.39, 0.29) is 29.9 Å². The fourth-order valence-electron chi connectivity index (χ4n) is 4.81. The highest BCUT2D eigenvalue weighted by Crippen LogP contribution is 2.24. The lowest BCUT2D eigenvalue weighted by molar-refractivity contribution is -0.127. The van der Waals surface area contributed by atoms with Crippen molar-refractivity contribution < 1.29 is 19.1 Å². The molecule has 34 heavy (non-hydrogen) atoms. The molecule has 182 valence electrons. The smallest absolute Gasteiger partial charge is 0.410 e. The zero-order chi connectivity index (χ0) is 24.3. The normalized spacial score (nSPS) is 19.7. The Hall–Kier alpha value is -3.09. The molecule has 1 unspecified atom stereocenters. The number of nitrogens with zero attached hydrogens (tertiary/aromatic N) is 2. The van der Waals surface area contributed by atoms with Gasteiger partial charge in [0, 0.05) is 37.8 Å². The Balaban J connectivity index is 1.32. The van der Waals surface area contributed by atoms with Crippen molar-refractivity contribution in [3.63, 3.8) is 0 Å². The molecule has 2 aromatic carbocycles. The van der Waals surface area contributed by atoms with Crippen molar-refractivity contribution in [1.82, 2.24) is 15.1 Å². The maximum atomic E-state index is 13.3. The van der Waals surface area contributed by atoms with Gasteiger partial charge in [-0.3, -0.25) is 9.59 Å². The predicted octanol–water partition coefficient (Wildman–Crippen LogP) is 4.21. The van der Waals surface area contributed by atoms with E-state index in [9.17, 15) is 14.4 Å². The summed E-state index contributed by atoms with van der Waals surface area (Å²) in [4.78, 5) is 42.1. The van der Waals surface area contributed by atoms with Crippen LogP contribution in [0.5, 0.6) is 0 Å². The van der Waals surface area contributed by atoms with E-state index in [4.69, 9.17) is 4.74 Å². The highest BCUT2D eigenvalue weighted by Gasteiger charge is 2.32. The van der Waals surface area contributed by atoms with Crippen LogP contribution >= 0.6 is 0 Å². The van der Waals surface area contributed by atoms with Crippen molar-refractivity contribution in [1.29, 1.82) is 0 Å². The second kappa shape index (κ2) is 10.0. The molecule has 0 bridgehead atoms. The van der Waals surface area contributed by atoms with E-state index in [0.29, 0.717) is 44.6 Å². The first-order valence-corrected chi connectivity index (χ1v) is 12.3. The lowest BCUT2D eigenvalue weighted by Crippen LogP contribution is -2.51. The highest BCUT2D eigenvalue weighted by atomic mass is 16.6. The van der Waals surface area contributed by atoms with Gasteiger partial charge in [-0.1, -0.05) is 36.4 Å². The van der Waals surface area contributed by atoms with E-state index in [1.165, 1.54) is 0 Å². The van der Waals surface area contributed by atoms with Crippen molar-refractivity contribution in [2.75, 3.05) is 26.2 Å². The third-order valence-corrected chi connectivity index (χ3v) is 6.59. The van der Waals surface area contributed by atoms with E-state index < -0.39 is 5.60 Å². The lowest BCUT2D eigenvalue weighted by atomic mass is 9.94. The Labute approximate surface area is 201 Å². The van der Waals surface area contributed by atoms with Crippen molar-refractivity contribution in [3.8, 4) is 0 Å². The summed E-state index contributed by atoms with van der Waals surface area (Å²) in [5, 5.41) is 5.15. The van der Waals surface area contributed by atoms with E-state index in [2.05, 4.69) is 5.32 Å². The van der Waals surface area contributed by atoms with Crippen molar-refractivity contribution in [3.05, 3.63) is 48.0 Å². The Kier molecular flexibility index (Phi) is 7.10. The first-order chi connectivity index (χ1) is 16.2. The van der Waals surface area contributed by atoms with E-state index in [1.54, 1.807) is 4.90 Å². The summed E-state index contributed by atoms with van der Waals surface area (Å²) in [5.41, 5.74) is 0.173. The molecule has 2 fully saturated rings. The maximum absolute atomic E-state index is 13.3. The molecule has 0 spiro atoms. The Morgan fingerprint density at radius 3 is 2.35 bits per heavy atom. The number of amides is 3. The number of carbonyl (C=O) groups excluding carboxylic acids is 3. The van der Waals surface area contributed by atoms with E-state index in [1.807, 2.05) is 68.1 Å². The topological polar surface area (TPSA) is 79.0 Å². The number of hydrogen-bond donors (Lipinski definition) is 1. The van der Waals surface area contributed by atoms with Gasteiger partial charge in [0.25, 0.3) is 5.91 Å². The molecule has 7 heteroatoms. The number of likely N-dealkylation sites (tertiary alicyclic amines) is 2. The average molecular weight is 466 g/mol. The van der Waals surface area contributed by atoms with Crippen LogP contribution in [-0.2, 0) is 9.53 Å². The third-order valence-electron chi connectivity index (χ3n) is 6.59. The number of hydrogen-bond acceptors (Lipinski definition) is 4. The summed E-state index contributed by atoms with van der Waals surface area (Å²) in [7, 11) is 0. The highest BCUT2D eigenvalue weighted by molar-refractivity contribution is 6.07. The van der Waals surface area contributed by atoms with Gasteiger partial charge in [-0.2, -0.15) is 0 Å². The van der Waals surface area contributed by atoms with Crippen LogP contribution in [0.1, 0.15) is 56.8 Å². The Morgan fingerprint density at radius 1 is 0.912 bits per heavy atom. The van der Waals surface area contributed by atoms with E-state index in [0.717, 1.165) is 23.6 Å². The summed E-state index contributed by atoms with van der Waals surface area (Å²) < 4.78 is 5.45. The van der Waals surface area contributed by atoms with E-state index >= 15 is 0 Å². The van der Waals surface area contributed by atoms with Crippen molar-refractivity contribution >= 4 is 28.7 Å². The minimum absolute atomic E-state index is 0.00568. The van der Waals surface area contributed by atoms with Gasteiger partial charge in [0.15, 0.2) is 0 Å². The fourth-order valence-corrected chi connectivity index (χ4v) is 4.81. The van der Waals surface area contributed by atoms with Gasteiger partial charge >= 0.3 is 6.09 Å². The third kappa shape index (κ3) is 5.69. The maximum Gasteiger partial charge on any atom is 0.410 e. The van der Waals surface area contributed by atoms with Gasteiger partial charge < -0.3 is 19.9 Å². The molecule has 2 aromatic rings. The molecule has 2 saturated heterocycles. The number of carbonyl (C=O) groups is 3. The van der Waals surface area contributed by atoms with Crippen LogP contribution in [0, 0.1) is 5.92 Å². The minimum atomic E-state index is -0.515. The van der Waals surface area contributed by atoms with Gasteiger partial charge in [-0.25, -0.2) is 4.79 Å². The van der Waals surface area contributed by atoms with Crippen LogP contribution in [0.4, 0.5) is 4.79 Å². The molecule has 0 radical (unpaired) electrons. The first kappa shape index (κ1) is 24.0. The molecular formula is C27H35N3O4. The van der Waals surface area contributed by atoms with Crippen molar-refractivity contribution in [2.24, 2.45) is 5.92 Å². The summed E-state index contributed by atoms with van der Waals surface area (Å²) in [6.07, 6.45) is 2.70. The standard InChI is InChI=1S/C27H35N3O4/c1-27(2,3)34-26(33)29-16-13-21(14-17-29)28-24(31)20-10-7-15-30(18-20)25(32)23-12-6-9-19-8-4-5-11-22(19)23/h4-6,8-9,11-12,20-21H,7,10,13-18H2,1-3H3,(H,28,31). The number of nitrogens with one attached hydrogen (secondary N) is 1. The number of fused-ring (bicyclic) bond motifs is 1. The fraction of sp³-hybridized carbons (Fsp3) is 0.519. The quantitative estimate of drug-likeness (QED) is 0.737. The van der Waals surface area contributed by atoms with Crippen LogP contribution in [-0.4, -0.2) is 65.5 Å². The van der Waals surface area contributed by atoms with Crippen LogP contribution in [0.2, 0.25) is 0 Å². The Morgan fingerprint density at radius 2 is 1.62 bits per heavy atom. The SMILES string of the molecule is CC(C)(C)OC(=O)N1CCC(NC(=O)C2CCCN(C(=O)c3cccc4ccccc34)C2)CC1. The summed E-state index contributed by atoms with van der Waals surface area (Å²) >= 11 is 0. The van der Waals surface area contributed by atoms with Crippen molar-refractivity contribution in [2.45, 2.75) is 58.1 Å². The van der Waals surface area contributed by atoms with Gasteiger partial charge in [0.05, 0.1) is 5.92 Å². The molecular weight excluding hydrogens is 430 g/mol. The predicted molar refractivity (Wildman–Crippen MR) is 132 cm³/mol. The molecule has 0 saturated carbocycles. The zero-order valence-electron chi connectivity index (χ0n) is 20.4. The summed E-state index contributed by atoms with van der Waals surface area (Å²) in [6, 6.07) is 13.7. The number of benzene rings is 2. The monoisotopic (exact) mass is 465 g/mol. The lowest BCUT2D eigenvalue weighted by Gasteiger charge is -2.36. The molecule has 1 N–H and O–H groups in total. The number of piperidine rings is 2. The largest absolute Gasteiger partial charge is 0.444 e. The Bertz CT molecular complexity index is 1050. The minimum Gasteiger partial charge on any atom is -0.444 e. The molecule has 1 atom stereocenters. The molecule has 2 aliphatic heterocycles. The summed E-state index contributed by atoms with van der Waals surface area (Å²) in [6.45, 7) is 7.81. The summed E-state index contributed by atoms with van der Waals surface area (Å²) in [5.74, 6) is -0.220. The number of ether oxygens (including phenoxy) is 1. The van der Waals surface area contributed by atoms with Gasteiger partial charge in [-0.15, -0.1) is 0 Å². The van der Waals surface area contributed by atoms with Gasteiger partial charge in [-0.05, 0) is 63.3 Å². The second-order valence-electron chi connectivity index (χ2n) is 10.4. The second-order valence-corrected chi connectivity index (χ2v) is 10.4. The first-order valence-electron chi connectivity index (χ1n) is 12.3. The molecule has 4 rings (SSSR count). The van der Waals surface area contributed by atoms with Crippen LogP contribution in [0.15, 0.2) is 42.5 Å². The molecule has 7 nitrogen and oxygen atoms in total. The van der Waals surface area contributed by atoms with Crippen LogP contribution < -0.4 is 5.32 Å². The van der Waals surface area contributed by atoms with Crippen LogP contribution in [0.3, 0.4) is 0 Å². The van der Waals surface area contributed by atoms with Gasteiger partial charge in [0.2, 0.25) is 5.91 Å². The molecule has 0 aliphatic carbocycles. The van der Waals surface area contributed by atoms with Gasteiger partial charge in [0.1, 0.15) is 5.60 Å². The average Bonchev–Trinajstić information content (AvgIpc) is 2.82. The molecule has 2 aliphatic rings.